The summed E-state index contributed by atoms with van der Waals surface area (Å²) in [5.41, 5.74) is 12.1. The van der Waals surface area contributed by atoms with Crippen LogP contribution in [-0.2, 0) is 0 Å². The Morgan fingerprint density at radius 3 is 2.69 bits per heavy atom. The summed E-state index contributed by atoms with van der Waals surface area (Å²) in [6.07, 6.45) is 1.54. The Morgan fingerprint density at radius 1 is 1.54 bits per heavy atom. The molecule has 0 radical (unpaired) electrons. The molecule has 0 unspecified atom stereocenters. The van der Waals surface area contributed by atoms with E-state index in [4.69, 9.17) is 11.5 Å². The van der Waals surface area contributed by atoms with Crippen molar-refractivity contribution in [3.8, 4) is 5.75 Å². The molecule has 0 aliphatic carbocycles. The number of phenols is 1. The molecule has 0 fully saturated rings. The van der Waals surface area contributed by atoms with Crippen molar-refractivity contribution in [3.63, 3.8) is 0 Å². The molecule has 4 heteroatoms. The standard InChI is InChI=1S/C9H11BrN2O/c1-2-6(11)8-5(10)3-4-7(12)9(8)13/h2-4,6,13H,1,11-12H2/t6-/m0/s1. The van der Waals surface area contributed by atoms with E-state index in [1.165, 1.54) is 0 Å². The van der Waals surface area contributed by atoms with Crippen LogP contribution in [0.15, 0.2) is 29.3 Å². The van der Waals surface area contributed by atoms with Crippen molar-refractivity contribution in [2.24, 2.45) is 5.73 Å². The van der Waals surface area contributed by atoms with E-state index in [0.29, 0.717) is 11.3 Å². The number of hydrogen-bond acceptors (Lipinski definition) is 3. The number of nitrogen functional groups attached to an aromatic ring is 1. The zero-order valence-electron chi connectivity index (χ0n) is 7.00. The van der Waals surface area contributed by atoms with Crippen LogP contribution in [0.3, 0.4) is 0 Å². The fourth-order valence-electron chi connectivity index (χ4n) is 1.04. The van der Waals surface area contributed by atoms with Crippen LogP contribution in [0, 0.1) is 0 Å². The molecule has 0 heterocycles. The van der Waals surface area contributed by atoms with Gasteiger partial charge in [0.25, 0.3) is 0 Å². The number of rotatable bonds is 2. The lowest BCUT2D eigenvalue weighted by atomic mass is 10.1. The predicted molar refractivity (Wildman–Crippen MR) is 57.3 cm³/mol. The maximum Gasteiger partial charge on any atom is 0.144 e. The molecular weight excluding hydrogens is 232 g/mol. The van der Waals surface area contributed by atoms with Crippen LogP contribution in [0.5, 0.6) is 5.75 Å². The summed E-state index contributed by atoms with van der Waals surface area (Å²) in [6.45, 7) is 3.55. The Bertz CT molecular complexity index is 339. The topological polar surface area (TPSA) is 72.3 Å². The molecule has 1 aromatic carbocycles. The summed E-state index contributed by atoms with van der Waals surface area (Å²) in [6, 6.07) is 2.94. The molecule has 1 atom stereocenters. The monoisotopic (exact) mass is 242 g/mol. The predicted octanol–water partition coefficient (Wildman–Crippen LogP) is 1.92. The summed E-state index contributed by atoms with van der Waals surface area (Å²) in [5.74, 6) is 0.0155. The number of aromatic hydroxyl groups is 1. The lowest BCUT2D eigenvalue weighted by Gasteiger charge is -2.12. The zero-order valence-corrected chi connectivity index (χ0v) is 8.58. The third kappa shape index (κ3) is 1.84. The molecule has 0 saturated carbocycles. The van der Waals surface area contributed by atoms with E-state index in [1.807, 2.05) is 0 Å². The second-order valence-electron chi connectivity index (χ2n) is 2.66. The number of nitrogens with two attached hydrogens (primary N) is 2. The van der Waals surface area contributed by atoms with Gasteiger partial charge in [-0.3, -0.25) is 0 Å². The number of halogens is 1. The summed E-state index contributed by atoms with van der Waals surface area (Å²) in [5, 5.41) is 9.60. The van der Waals surface area contributed by atoms with Gasteiger partial charge in [-0.25, -0.2) is 0 Å². The molecule has 0 aromatic heterocycles. The number of hydrogen-bond donors (Lipinski definition) is 3. The molecule has 0 saturated heterocycles. The number of anilines is 1. The maximum atomic E-state index is 9.60. The molecule has 0 aliphatic heterocycles. The quantitative estimate of drug-likeness (QED) is 0.422. The third-order valence-corrected chi connectivity index (χ3v) is 2.47. The zero-order chi connectivity index (χ0) is 10.0. The van der Waals surface area contributed by atoms with E-state index >= 15 is 0 Å². The molecule has 3 nitrogen and oxygen atoms in total. The number of benzene rings is 1. The highest BCUT2D eigenvalue weighted by Gasteiger charge is 2.13. The van der Waals surface area contributed by atoms with Crippen LogP contribution in [-0.4, -0.2) is 5.11 Å². The van der Waals surface area contributed by atoms with Crippen molar-refractivity contribution in [2.75, 3.05) is 5.73 Å². The van der Waals surface area contributed by atoms with Gasteiger partial charge in [0.05, 0.1) is 11.7 Å². The normalized spacial score (nSPS) is 12.5. The smallest absolute Gasteiger partial charge is 0.144 e. The van der Waals surface area contributed by atoms with Gasteiger partial charge in [-0.1, -0.05) is 22.0 Å². The molecule has 1 rings (SSSR count). The van der Waals surface area contributed by atoms with Gasteiger partial charge < -0.3 is 16.6 Å². The van der Waals surface area contributed by atoms with Gasteiger partial charge in [0.15, 0.2) is 0 Å². The van der Waals surface area contributed by atoms with Crippen molar-refractivity contribution in [2.45, 2.75) is 6.04 Å². The van der Waals surface area contributed by atoms with Crippen molar-refractivity contribution in [3.05, 3.63) is 34.8 Å². The average Bonchev–Trinajstić information content (AvgIpc) is 2.12. The third-order valence-electron chi connectivity index (χ3n) is 1.78. The van der Waals surface area contributed by atoms with Crippen molar-refractivity contribution < 1.29 is 5.11 Å². The summed E-state index contributed by atoms with van der Waals surface area (Å²) in [4.78, 5) is 0. The Hall–Kier alpha value is -1.00. The minimum Gasteiger partial charge on any atom is -0.505 e. The summed E-state index contributed by atoms with van der Waals surface area (Å²) < 4.78 is 0.728. The van der Waals surface area contributed by atoms with Gasteiger partial charge in [-0.2, -0.15) is 0 Å². The SMILES string of the molecule is C=C[C@H](N)c1c(Br)ccc(N)c1O. The molecule has 0 spiro atoms. The van der Waals surface area contributed by atoms with Crippen LogP contribution in [0.1, 0.15) is 11.6 Å². The molecule has 70 valence electrons. The van der Waals surface area contributed by atoms with E-state index in [9.17, 15) is 5.11 Å². The Labute approximate surface area is 85.2 Å². The van der Waals surface area contributed by atoms with Crippen LogP contribution in [0.2, 0.25) is 0 Å². The minimum absolute atomic E-state index is 0.0155. The molecule has 0 aliphatic rings. The van der Waals surface area contributed by atoms with Crippen LogP contribution >= 0.6 is 15.9 Å². The molecule has 0 bridgehead atoms. The van der Waals surface area contributed by atoms with Crippen molar-refractivity contribution in [1.82, 2.24) is 0 Å². The van der Waals surface area contributed by atoms with Crippen LogP contribution in [0.4, 0.5) is 5.69 Å². The highest BCUT2D eigenvalue weighted by atomic mass is 79.9. The first-order valence-corrected chi connectivity index (χ1v) is 4.52. The first kappa shape index (κ1) is 10.1. The second-order valence-corrected chi connectivity index (χ2v) is 3.51. The van der Waals surface area contributed by atoms with E-state index in [0.717, 1.165) is 4.47 Å². The molecule has 5 N–H and O–H groups in total. The lowest BCUT2D eigenvalue weighted by molar-refractivity contribution is 0.468. The van der Waals surface area contributed by atoms with E-state index in [2.05, 4.69) is 22.5 Å². The van der Waals surface area contributed by atoms with Gasteiger partial charge in [-0.05, 0) is 12.1 Å². The first-order chi connectivity index (χ1) is 6.07. The van der Waals surface area contributed by atoms with E-state index in [-0.39, 0.29) is 5.75 Å². The Kier molecular flexibility index (Phi) is 2.95. The highest BCUT2D eigenvalue weighted by Crippen LogP contribution is 2.35. The Morgan fingerprint density at radius 2 is 2.15 bits per heavy atom. The second kappa shape index (κ2) is 3.81. The van der Waals surface area contributed by atoms with Gasteiger partial charge in [0, 0.05) is 10.0 Å². The van der Waals surface area contributed by atoms with Gasteiger partial charge >= 0.3 is 0 Å². The lowest BCUT2D eigenvalue weighted by Crippen LogP contribution is -2.08. The highest BCUT2D eigenvalue weighted by molar-refractivity contribution is 9.10. The summed E-state index contributed by atoms with van der Waals surface area (Å²) in [7, 11) is 0. The minimum atomic E-state index is -0.419. The van der Waals surface area contributed by atoms with Gasteiger partial charge in [-0.15, -0.1) is 6.58 Å². The largest absolute Gasteiger partial charge is 0.505 e. The summed E-state index contributed by atoms with van der Waals surface area (Å²) >= 11 is 3.28. The fourth-order valence-corrected chi connectivity index (χ4v) is 1.62. The molecule has 1 aromatic rings. The van der Waals surface area contributed by atoms with Crippen LogP contribution < -0.4 is 11.5 Å². The fraction of sp³-hybridized carbons (Fsp3) is 0.111. The maximum absolute atomic E-state index is 9.60. The number of phenolic OH excluding ortho intramolecular Hbond substituents is 1. The van der Waals surface area contributed by atoms with Crippen LogP contribution in [0.25, 0.3) is 0 Å². The first-order valence-electron chi connectivity index (χ1n) is 3.73. The van der Waals surface area contributed by atoms with Crippen molar-refractivity contribution >= 4 is 21.6 Å². The van der Waals surface area contributed by atoms with Gasteiger partial charge in [0.1, 0.15) is 5.75 Å². The van der Waals surface area contributed by atoms with E-state index in [1.54, 1.807) is 18.2 Å². The molecule has 0 amide bonds. The molecule has 13 heavy (non-hydrogen) atoms. The van der Waals surface area contributed by atoms with Crippen molar-refractivity contribution in [1.29, 1.82) is 0 Å². The van der Waals surface area contributed by atoms with E-state index < -0.39 is 6.04 Å². The van der Waals surface area contributed by atoms with Gasteiger partial charge in [0.2, 0.25) is 0 Å². The Balaban J connectivity index is 3.32. The average molecular weight is 243 g/mol. The molecular formula is C9H11BrN2O.